The molecule has 1 fully saturated rings. The van der Waals surface area contributed by atoms with Gasteiger partial charge in [0.25, 0.3) is 0 Å². The molecule has 16 heavy (non-hydrogen) atoms. The smallest absolute Gasteiger partial charge is 0.215 e. The van der Waals surface area contributed by atoms with Gasteiger partial charge in [0.05, 0.1) is 10.6 Å². The average Bonchev–Trinajstić information content (AvgIpc) is 2.58. The van der Waals surface area contributed by atoms with E-state index >= 15 is 0 Å². The van der Waals surface area contributed by atoms with Crippen molar-refractivity contribution in [2.24, 2.45) is 5.73 Å². The van der Waals surface area contributed by atoms with Crippen molar-refractivity contribution in [1.29, 1.82) is 0 Å². The van der Waals surface area contributed by atoms with E-state index in [9.17, 15) is 0 Å². The Morgan fingerprint density at radius 2 is 2.06 bits per heavy atom. The lowest BCUT2D eigenvalue weighted by molar-refractivity contribution is 0.203. The maximum atomic E-state index is 6.14. The highest BCUT2D eigenvalue weighted by molar-refractivity contribution is 6.37. The van der Waals surface area contributed by atoms with E-state index in [0.29, 0.717) is 27.0 Å². The molecule has 0 bridgehead atoms. The third-order valence-electron chi connectivity index (χ3n) is 3.08. The van der Waals surface area contributed by atoms with Crippen molar-refractivity contribution in [2.45, 2.75) is 24.8 Å². The van der Waals surface area contributed by atoms with E-state index in [2.05, 4.69) is 4.98 Å². The maximum Gasteiger partial charge on any atom is 0.215 e. The zero-order valence-corrected chi connectivity index (χ0v) is 9.98. The van der Waals surface area contributed by atoms with Crippen LogP contribution >= 0.6 is 23.2 Å². The van der Waals surface area contributed by atoms with Crippen LogP contribution < -0.4 is 5.73 Å². The van der Waals surface area contributed by atoms with Gasteiger partial charge in [0.1, 0.15) is 5.52 Å². The molecule has 2 aromatic rings. The summed E-state index contributed by atoms with van der Waals surface area (Å²) in [6.07, 6.45) is 2.93. The van der Waals surface area contributed by atoms with Crippen molar-refractivity contribution in [2.75, 3.05) is 0 Å². The van der Waals surface area contributed by atoms with E-state index in [1.807, 2.05) is 0 Å². The van der Waals surface area contributed by atoms with Crippen molar-refractivity contribution >= 4 is 34.3 Å². The molecular formula is C11H10Cl2N2O. The van der Waals surface area contributed by atoms with Gasteiger partial charge in [0.15, 0.2) is 5.58 Å². The summed E-state index contributed by atoms with van der Waals surface area (Å²) in [7, 11) is 0. The van der Waals surface area contributed by atoms with Gasteiger partial charge in [-0.3, -0.25) is 0 Å². The first-order chi connectivity index (χ1) is 7.58. The van der Waals surface area contributed by atoms with E-state index < -0.39 is 5.54 Å². The molecule has 1 aliphatic rings. The molecule has 0 unspecified atom stereocenters. The van der Waals surface area contributed by atoms with Gasteiger partial charge >= 0.3 is 0 Å². The first-order valence-electron chi connectivity index (χ1n) is 5.13. The first-order valence-corrected chi connectivity index (χ1v) is 5.89. The van der Waals surface area contributed by atoms with E-state index in [-0.39, 0.29) is 0 Å². The molecule has 1 saturated carbocycles. The third kappa shape index (κ3) is 1.43. The van der Waals surface area contributed by atoms with E-state index in [4.69, 9.17) is 33.4 Å². The summed E-state index contributed by atoms with van der Waals surface area (Å²) in [5, 5.41) is 1.03. The summed E-state index contributed by atoms with van der Waals surface area (Å²) >= 11 is 11.9. The predicted molar refractivity (Wildman–Crippen MR) is 63.7 cm³/mol. The number of nitrogens with two attached hydrogens (primary N) is 1. The van der Waals surface area contributed by atoms with Crippen LogP contribution in [0.5, 0.6) is 0 Å². The summed E-state index contributed by atoms with van der Waals surface area (Å²) in [5.74, 6) is 0.568. The SMILES string of the molecule is NC1(c2nc3cc(Cl)cc(Cl)c3o2)CCC1. The number of halogens is 2. The minimum absolute atomic E-state index is 0.408. The van der Waals surface area contributed by atoms with Crippen LogP contribution in [0.1, 0.15) is 25.2 Å². The standard InChI is InChI=1S/C11H10Cl2N2O/c12-6-4-7(13)9-8(5-6)15-10(16-9)11(14)2-1-3-11/h4-5H,1-3,14H2. The minimum atomic E-state index is -0.408. The van der Waals surface area contributed by atoms with Crippen molar-refractivity contribution in [1.82, 2.24) is 4.98 Å². The van der Waals surface area contributed by atoms with Crippen LogP contribution in [0, 0.1) is 0 Å². The van der Waals surface area contributed by atoms with Crippen LogP contribution in [0.15, 0.2) is 16.5 Å². The molecule has 3 nitrogen and oxygen atoms in total. The van der Waals surface area contributed by atoms with Crippen molar-refractivity contribution < 1.29 is 4.42 Å². The lowest BCUT2D eigenvalue weighted by Gasteiger charge is -2.34. The molecule has 0 spiro atoms. The summed E-state index contributed by atoms with van der Waals surface area (Å²) in [6.45, 7) is 0. The van der Waals surface area contributed by atoms with Gasteiger partial charge in [0, 0.05) is 5.02 Å². The summed E-state index contributed by atoms with van der Waals surface area (Å²) in [6, 6.07) is 3.38. The largest absolute Gasteiger partial charge is 0.437 e. The van der Waals surface area contributed by atoms with Crippen molar-refractivity contribution in [3.05, 3.63) is 28.1 Å². The van der Waals surface area contributed by atoms with E-state index in [1.165, 1.54) is 0 Å². The predicted octanol–water partition coefficient (Wildman–Crippen LogP) is 3.47. The fourth-order valence-electron chi connectivity index (χ4n) is 1.94. The molecule has 1 aromatic carbocycles. The molecule has 0 aliphatic heterocycles. The molecule has 5 heteroatoms. The van der Waals surface area contributed by atoms with Crippen molar-refractivity contribution in [3.63, 3.8) is 0 Å². The summed E-state index contributed by atoms with van der Waals surface area (Å²) in [4.78, 5) is 4.37. The topological polar surface area (TPSA) is 52.0 Å². The molecule has 1 heterocycles. The fraction of sp³-hybridized carbons (Fsp3) is 0.364. The fourth-order valence-corrected chi connectivity index (χ4v) is 2.47. The molecule has 0 atom stereocenters. The van der Waals surface area contributed by atoms with Gasteiger partial charge in [-0.15, -0.1) is 0 Å². The first kappa shape index (κ1) is 10.4. The highest BCUT2D eigenvalue weighted by atomic mass is 35.5. The number of hydrogen-bond acceptors (Lipinski definition) is 3. The zero-order chi connectivity index (χ0) is 11.3. The van der Waals surface area contributed by atoms with E-state index in [0.717, 1.165) is 19.3 Å². The van der Waals surface area contributed by atoms with Crippen LogP contribution in [0.2, 0.25) is 10.0 Å². The highest BCUT2D eigenvalue weighted by Gasteiger charge is 2.39. The zero-order valence-electron chi connectivity index (χ0n) is 8.46. The number of fused-ring (bicyclic) bond motifs is 1. The molecule has 0 saturated heterocycles. The van der Waals surface area contributed by atoms with Crippen LogP contribution in [-0.4, -0.2) is 4.98 Å². The normalized spacial score (nSPS) is 18.7. The van der Waals surface area contributed by atoms with Crippen LogP contribution in [0.3, 0.4) is 0 Å². The Morgan fingerprint density at radius 3 is 2.69 bits per heavy atom. The Morgan fingerprint density at radius 1 is 1.31 bits per heavy atom. The Balaban J connectivity index is 2.19. The second-order valence-corrected chi connectivity index (χ2v) is 5.11. The summed E-state index contributed by atoms with van der Waals surface area (Å²) < 4.78 is 5.63. The number of nitrogens with zero attached hydrogens (tertiary/aromatic N) is 1. The summed E-state index contributed by atoms with van der Waals surface area (Å²) in [5.41, 5.74) is 6.97. The van der Waals surface area contributed by atoms with Crippen LogP contribution in [-0.2, 0) is 5.54 Å². The van der Waals surface area contributed by atoms with Crippen molar-refractivity contribution in [3.8, 4) is 0 Å². The molecule has 84 valence electrons. The van der Waals surface area contributed by atoms with Gasteiger partial charge in [0.2, 0.25) is 5.89 Å². The Kier molecular flexibility index (Phi) is 2.18. The molecule has 3 rings (SSSR count). The highest BCUT2D eigenvalue weighted by Crippen LogP contribution is 2.40. The van der Waals surface area contributed by atoms with Gasteiger partial charge in [-0.2, -0.15) is 0 Å². The number of rotatable bonds is 1. The van der Waals surface area contributed by atoms with Gasteiger partial charge in [-0.05, 0) is 31.4 Å². The monoisotopic (exact) mass is 256 g/mol. The Labute approximate surface area is 103 Å². The molecule has 1 aliphatic carbocycles. The van der Waals surface area contributed by atoms with Gasteiger partial charge < -0.3 is 10.2 Å². The minimum Gasteiger partial charge on any atom is -0.437 e. The van der Waals surface area contributed by atoms with Crippen LogP contribution in [0.25, 0.3) is 11.1 Å². The molecule has 2 N–H and O–H groups in total. The lowest BCUT2D eigenvalue weighted by atomic mass is 9.78. The number of aromatic nitrogens is 1. The number of oxazole rings is 1. The molecular weight excluding hydrogens is 247 g/mol. The van der Waals surface area contributed by atoms with Gasteiger partial charge in [-0.1, -0.05) is 23.2 Å². The number of benzene rings is 1. The van der Waals surface area contributed by atoms with E-state index in [1.54, 1.807) is 12.1 Å². The Hall–Kier alpha value is -0.770. The maximum absolute atomic E-state index is 6.14. The molecule has 1 aromatic heterocycles. The Bertz CT molecular complexity index is 560. The quantitative estimate of drug-likeness (QED) is 0.850. The van der Waals surface area contributed by atoms with Gasteiger partial charge in [-0.25, -0.2) is 4.98 Å². The van der Waals surface area contributed by atoms with Crippen LogP contribution in [0.4, 0.5) is 0 Å². The second-order valence-electron chi connectivity index (χ2n) is 4.26. The average molecular weight is 257 g/mol. The molecule has 0 amide bonds. The number of hydrogen-bond donors (Lipinski definition) is 1. The lowest BCUT2D eigenvalue weighted by Crippen LogP contribution is -2.43. The third-order valence-corrected chi connectivity index (χ3v) is 3.58. The molecule has 0 radical (unpaired) electrons. The second kappa shape index (κ2) is 3.36.